The van der Waals surface area contributed by atoms with Gasteiger partial charge in [-0.3, -0.25) is 9.48 Å². The molecule has 2 aromatic heterocycles. The minimum absolute atomic E-state index is 0.112. The lowest BCUT2D eigenvalue weighted by Gasteiger charge is -2.08. The first-order valence-corrected chi connectivity index (χ1v) is 7.73. The van der Waals surface area contributed by atoms with Gasteiger partial charge in [0.1, 0.15) is 12.0 Å². The molecular formula is C17H16F3N5O. The summed E-state index contributed by atoms with van der Waals surface area (Å²) in [4.78, 5) is 16.2. The fourth-order valence-corrected chi connectivity index (χ4v) is 2.52. The van der Waals surface area contributed by atoms with Gasteiger partial charge in [0.15, 0.2) is 0 Å². The maximum absolute atomic E-state index is 12.8. The fraction of sp³-hybridized carbons (Fsp3) is 0.235. The second kappa shape index (κ2) is 6.66. The Morgan fingerprint density at radius 3 is 2.69 bits per heavy atom. The Hall–Kier alpha value is -3.10. The van der Waals surface area contributed by atoms with Crippen LogP contribution in [0.5, 0.6) is 0 Å². The smallest absolute Gasteiger partial charge is 0.345 e. The molecule has 136 valence electrons. The van der Waals surface area contributed by atoms with Crippen LogP contribution in [-0.2, 0) is 19.8 Å². The van der Waals surface area contributed by atoms with Crippen molar-refractivity contribution in [3.05, 3.63) is 65.5 Å². The molecule has 26 heavy (non-hydrogen) atoms. The standard InChI is InChI=1S/C17H16F3N5O/c1-11-6-14(24(2)23-11)8-21-16(26)15-9-25(10-22-15)13-5-3-4-12(7-13)17(18,19)20/h3-7,9-10H,8H2,1-2H3,(H,21,26). The van der Waals surface area contributed by atoms with Gasteiger partial charge in [0.25, 0.3) is 5.91 Å². The van der Waals surface area contributed by atoms with Crippen LogP contribution in [0.4, 0.5) is 13.2 Å². The van der Waals surface area contributed by atoms with Crippen LogP contribution in [0, 0.1) is 6.92 Å². The first kappa shape index (κ1) is 17.7. The van der Waals surface area contributed by atoms with Gasteiger partial charge in [-0.1, -0.05) is 6.07 Å². The van der Waals surface area contributed by atoms with Crippen molar-refractivity contribution in [3.8, 4) is 5.69 Å². The molecule has 0 fully saturated rings. The van der Waals surface area contributed by atoms with Crippen molar-refractivity contribution < 1.29 is 18.0 Å². The lowest BCUT2D eigenvalue weighted by atomic mass is 10.2. The van der Waals surface area contributed by atoms with E-state index in [0.717, 1.165) is 23.5 Å². The number of hydrogen-bond acceptors (Lipinski definition) is 3. The first-order valence-electron chi connectivity index (χ1n) is 7.73. The first-order chi connectivity index (χ1) is 12.2. The van der Waals surface area contributed by atoms with Crippen molar-refractivity contribution in [2.75, 3.05) is 0 Å². The van der Waals surface area contributed by atoms with Gasteiger partial charge in [0, 0.05) is 18.9 Å². The number of aryl methyl sites for hydroxylation is 2. The third kappa shape index (κ3) is 3.76. The van der Waals surface area contributed by atoms with Gasteiger partial charge >= 0.3 is 6.18 Å². The summed E-state index contributed by atoms with van der Waals surface area (Å²) in [6.07, 6.45) is -1.74. The molecule has 0 spiro atoms. The number of halogens is 3. The maximum atomic E-state index is 12.8. The number of carbonyl (C=O) groups excluding carboxylic acids is 1. The minimum Gasteiger partial charge on any atom is -0.345 e. The minimum atomic E-state index is -4.43. The summed E-state index contributed by atoms with van der Waals surface area (Å²) >= 11 is 0. The Bertz CT molecular complexity index is 942. The van der Waals surface area contributed by atoms with Gasteiger partial charge in [-0.2, -0.15) is 18.3 Å². The number of nitrogens with zero attached hydrogens (tertiary/aromatic N) is 4. The van der Waals surface area contributed by atoms with Crippen molar-refractivity contribution in [1.82, 2.24) is 24.6 Å². The molecule has 0 unspecified atom stereocenters. The molecule has 0 radical (unpaired) electrons. The molecule has 0 aliphatic rings. The van der Waals surface area contributed by atoms with Gasteiger partial charge in [-0.05, 0) is 31.2 Å². The summed E-state index contributed by atoms with van der Waals surface area (Å²) in [7, 11) is 1.77. The predicted molar refractivity (Wildman–Crippen MR) is 87.7 cm³/mol. The zero-order chi connectivity index (χ0) is 18.9. The number of alkyl halides is 3. The van der Waals surface area contributed by atoms with Crippen LogP contribution in [0.25, 0.3) is 5.69 Å². The largest absolute Gasteiger partial charge is 0.416 e. The van der Waals surface area contributed by atoms with Crippen LogP contribution in [0.3, 0.4) is 0 Å². The van der Waals surface area contributed by atoms with E-state index in [0.29, 0.717) is 0 Å². The normalized spacial score (nSPS) is 11.6. The van der Waals surface area contributed by atoms with Crippen molar-refractivity contribution in [2.45, 2.75) is 19.6 Å². The summed E-state index contributed by atoms with van der Waals surface area (Å²) in [6.45, 7) is 2.12. The van der Waals surface area contributed by atoms with E-state index < -0.39 is 17.6 Å². The van der Waals surface area contributed by atoms with Gasteiger partial charge < -0.3 is 9.88 Å². The lowest BCUT2D eigenvalue weighted by molar-refractivity contribution is -0.137. The Balaban J connectivity index is 1.73. The molecule has 0 bridgehead atoms. The van der Waals surface area contributed by atoms with E-state index in [1.807, 2.05) is 13.0 Å². The van der Waals surface area contributed by atoms with E-state index in [2.05, 4.69) is 15.4 Å². The van der Waals surface area contributed by atoms with Crippen molar-refractivity contribution in [3.63, 3.8) is 0 Å². The molecule has 0 saturated heterocycles. The Labute approximate surface area is 147 Å². The van der Waals surface area contributed by atoms with Crippen LogP contribution in [-0.4, -0.2) is 25.2 Å². The molecule has 1 amide bonds. The number of amides is 1. The fourth-order valence-electron chi connectivity index (χ4n) is 2.52. The van der Waals surface area contributed by atoms with Crippen molar-refractivity contribution >= 4 is 5.91 Å². The van der Waals surface area contributed by atoms with Crippen LogP contribution in [0.15, 0.2) is 42.9 Å². The number of aromatic nitrogens is 4. The number of hydrogen-bond donors (Lipinski definition) is 1. The second-order valence-electron chi connectivity index (χ2n) is 5.80. The van der Waals surface area contributed by atoms with E-state index in [9.17, 15) is 18.0 Å². The molecule has 6 nitrogen and oxygen atoms in total. The van der Waals surface area contributed by atoms with Gasteiger partial charge in [0.2, 0.25) is 0 Å². The predicted octanol–water partition coefficient (Wildman–Crippen LogP) is 2.86. The number of benzene rings is 1. The van der Waals surface area contributed by atoms with E-state index in [1.54, 1.807) is 11.7 Å². The molecular weight excluding hydrogens is 347 g/mol. The quantitative estimate of drug-likeness (QED) is 0.775. The van der Waals surface area contributed by atoms with Gasteiger partial charge in [0.05, 0.1) is 23.5 Å². The topological polar surface area (TPSA) is 64.7 Å². The molecule has 0 aliphatic heterocycles. The molecule has 0 aliphatic carbocycles. The van der Waals surface area contributed by atoms with Gasteiger partial charge in [-0.15, -0.1) is 0 Å². The monoisotopic (exact) mass is 363 g/mol. The van der Waals surface area contributed by atoms with Gasteiger partial charge in [-0.25, -0.2) is 4.98 Å². The average Bonchev–Trinajstić information content (AvgIpc) is 3.19. The molecule has 3 aromatic rings. The highest BCUT2D eigenvalue weighted by Gasteiger charge is 2.30. The van der Waals surface area contributed by atoms with Crippen LogP contribution in [0.2, 0.25) is 0 Å². The maximum Gasteiger partial charge on any atom is 0.416 e. The summed E-state index contributed by atoms with van der Waals surface area (Å²) < 4.78 is 41.5. The molecule has 0 saturated carbocycles. The second-order valence-corrected chi connectivity index (χ2v) is 5.80. The molecule has 0 atom stereocenters. The average molecular weight is 363 g/mol. The Kier molecular flexibility index (Phi) is 4.54. The third-order valence-electron chi connectivity index (χ3n) is 3.82. The number of rotatable bonds is 4. The molecule has 1 aromatic carbocycles. The third-order valence-corrected chi connectivity index (χ3v) is 3.82. The Morgan fingerprint density at radius 1 is 1.27 bits per heavy atom. The van der Waals surface area contributed by atoms with E-state index in [-0.39, 0.29) is 17.9 Å². The highest BCUT2D eigenvalue weighted by Crippen LogP contribution is 2.30. The van der Waals surface area contributed by atoms with Crippen LogP contribution < -0.4 is 5.32 Å². The lowest BCUT2D eigenvalue weighted by Crippen LogP contribution is -2.24. The van der Waals surface area contributed by atoms with E-state index in [1.165, 1.54) is 29.2 Å². The molecule has 3 rings (SSSR count). The number of carbonyl (C=O) groups is 1. The SMILES string of the molecule is Cc1cc(CNC(=O)c2cn(-c3cccc(C(F)(F)F)c3)cn2)n(C)n1. The number of imidazole rings is 1. The van der Waals surface area contributed by atoms with Crippen LogP contribution >= 0.6 is 0 Å². The summed E-state index contributed by atoms with van der Waals surface area (Å²) in [5.74, 6) is -0.422. The molecule has 9 heteroatoms. The summed E-state index contributed by atoms with van der Waals surface area (Å²) in [5, 5.41) is 6.90. The summed E-state index contributed by atoms with van der Waals surface area (Å²) in [5.41, 5.74) is 1.29. The van der Waals surface area contributed by atoms with Crippen molar-refractivity contribution in [1.29, 1.82) is 0 Å². The van der Waals surface area contributed by atoms with E-state index >= 15 is 0 Å². The highest BCUT2D eigenvalue weighted by atomic mass is 19.4. The van der Waals surface area contributed by atoms with Crippen molar-refractivity contribution in [2.24, 2.45) is 7.05 Å². The van der Waals surface area contributed by atoms with Crippen LogP contribution in [0.1, 0.15) is 27.4 Å². The summed E-state index contributed by atoms with van der Waals surface area (Å²) in [6, 6.07) is 6.66. The zero-order valence-corrected chi connectivity index (χ0v) is 14.1. The van der Waals surface area contributed by atoms with E-state index in [4.69, 9.17) is 0 Å². The molecule has 2 heterocycles. The zero-order valence-electron chi connectivity index (χ0n) is 14.1. The number of nitrogens with one attached hydrogen (secondary N) is 1. The highest BCUT2D eigenvalue weighted by molar-refractivity contribution is 5.92. The molecule has 1 N–H and O–H groups in total. The Morgan fingerprint density at radius 2 is 2.04 bits per heavy atom.